The number of ether oxygens (including phenoxy) is 1. The van der Waals surface area contributed by atoms with Crippen molar-refractivity contribution in [1.29, 1.82) is 0 Å². The maximum Gasteiger partial charge on any atom is 0.220 e. The van der Waals surface area contributed by atoms with Gasteiger partial charge in [0.05, 0.1) is 6.61 Å². The lowest BCUT2D eigenvalue weighted by atomic mass is 10.1. The molecule has 1 heterocycles. The van der Waals surface area contributed by atoms with Gasteiger partial charge in [0.15, 0.2) is 0 Å². The topological polar surface area (TPSA) is 41.6 Å². The van der Waals surface area contributed by atoms with E-state index in [-0.39, 0.29) is 5.91 Å². The van der Waals surface area contributed by atoms with Gasteiger partial charge in [-0.3, -0.25) is 9.69 Å². The van der Waals surface area contributed by atoms with E-state index in [4.69, 9.17) is 4.74 Å². The molecule has 1 amide bonds. The van der Waals surface area contributed by atoms with Crippen LogP contribution in [0.4, 0.5) is 0 Å². The van der Waals surface area contributed by atoms with Crippen molar-refractivity contribution in [3.8, 4) is 5.75 Å². The molecule has 3 rings (SSSR count). The van der Waals surface area contributed by atoms with E-state index in [0.29, 0.717) is 19.6 Å². The number of carbonyl (C=O) groups excluding carboxylic acids is 1. The number of benzene rings is 2. The van der Waals surface area contributed by atoms with Crippen LogP contribution >= 0.6 is 0 Å². The van der Waals surface area contributed by atoms with Crippen LogP contribution in [-0.4, -0.2) is 30.5 Å². The molecule has 0 spiro atoms. The summed E-state index contributed by atoms with van der Waals surface area (Å²) in [6.45, 7) is 6.53. The number of likely N-dealkylation sites (tertiary alicyclic amines) is 1. The number of hydrogen-bond acceptors (Lipinski definition) is 3. The second-order valence-electron chi connectivity index (χ2n) is 7.25. The summed E-state index contributed by atoms with van der Waals surface area (Å²) in [5.74, 6) is 0.980. The number of aryl methyl sites for hydroxylation is 1. The smallest absolute Gasteiger partial charge is 0.220 e. The van der Waals surface area contributed by atoms with Crippen molar-refractivity contribution in [1.82, 2.24) is 10.2 Å². The number of rotatable bonds is 9. The van der Waals surface area contributed by atoms with Crippen molar-refractivity contribution in [3.63, 3.8) is 0 Å². The van der Waals surface area contributed by atoms with Gasteiger partial charge in [0.2, 0.25) is 5.91 Å². The van der Waals surface area contributed by atoms with Crippen molar-refractivity contribution in [2.24, 2.45) is 0 Å². The first kappa shape index (κ1) is 19.4. The minimum Gasteiger partial charge on any atom is -0.493 e. The first-order chi connectivity index (χ1) is 13.2. The SMILES string of the molecule is Cc1ccccc1OCCCC(=O)NCc1ccccc1CN1CCCC1. The Balaban J connectivity index is 1.39. The van der Waals surface area contributed by atoms with Gasteiger partial charge in [-0.25, -0.2) is 0 Å². The van der Waals surface area contributed by atoms with Gasteiger partial charge in [0.1, 0.15) is 5.75 Å². The molecule has 2 aromatic carbocycles. The van der Waals surface area contributed by atoms with Crippen molar-refractivity contribution in [3.05, 3.63) is 65.2 Å². The van der Waals surface area contributed by atoms with Crippen LogP contribution in [0.2, 0.25) is 0 Å². The molecule has 2 aromatic rings. The van der Waals surface area contributed by atoms with Crippen LogP contribution in [-0.2, 0) is 17.9 Å². The molecule has 1 fully saturated rings. The minimum atomic E-state index is 0.0827. The van der Waals surface area contributed by atoms with Crippen LogP contribution in [0.3, 0.4) is 0 Å². The molecule has 0 saturated carbocycles. The predicted octanol–water partition coefficient (Wildman–Crippen LogP) is 4.07. The third kappa shape index (κ3) is 6.10. The van der Waals surface area contributed by atoms with E-state index >= 15 is 0 Å². The minimum absolute atomic E-state index is 0.0827. The van der Waals surface area contributed by atoms with Crippen molar-refractivity contribution in [2.45, 2.75) is 45.7 Å². The van der Waals surface area contributed by atoms with Crippen LogP contribution in [0.25, 0.3) is 0 Å². The summed E-state index contributed by atoms with van der Waals surface area (Å²) in [5.41, 5.74) is 3.66. The van der Waals surface area contributed by atoms with Crippen molar-refractivity contribution >= 4 is 5.91 Å². The van der Waals surface area contributed by atoms with Crippen LogP contribution in [0.15, 0.2) is 48.5 Å². The van der Waals surface area contributed by atoms with Gasteiger partial charge in [0, 0.05) is 19.5 Å². The first-order valence-corrected chi connectivity index (χ1v) is 9.96. The molecule has 0 aromatic heterocycles. The summed E-state index contributed by atoms with van der Waals surface area (Å²) in [7, 11) is 0. The van der Waals surface area contributed by atoms with Crippen molar-refractivity contribution in [2.75, 3.05) is 19.7 Å². The Bertz CT molecular complexity index is 739. The molecule has 1 aliphatic rings. The zero-order valence-electron chi connectivity index (χ0n) is 16.2. The Kier molecular flexibility index (Phi) is 7.28. The summed E-state index contributed by atoms with van der Waals surface area (Å²) < 4.78 is 5.76. The summed E-state index contributed by atoms with van der Waals surface area (Å²) in [6, 6.07) is 16.4. The Morgan fingerprint density at radius 2 is 1.74 bits per heavy atom. The Morgan fingerprint density at radius 3 is 2.52 bits per heavy atom. The average molecular weight is 367 g/mol. The number of nitrogens with one attached hydrogen (secondary N) is 1. The molecule has 1 N–H and O–H groups in total. The Labute approximate surface area is 162 Å². The fourth-order valence-electron chi connectivity index (χ4n) is 3.48. The third-order valence-electron chi connectivity index (χ3n) is 5.09. The number of hydrogen-bond donors (Lipinski definition) is 1. The number of amides is 1. The molecular weight excluding hydrogens is 336 g/mol. The third-order valence-corrected chi connectivity index (χ3v) is 5.09. The average Bonchev–Trinajstić information content (AvgIpc) is 3.19. The standard InChI is InChI=1S/C23H30N2O2/c1-19-9-2-5-12-22(19)27-16-8-13-23(26)24-17-20-10-3-4-11-21(20)18-25-14-6-7-15-25/h2-5,9-12H,6-8,13-18H2,1H3,(H,24,26). The molecular formula is C23H30N2O2. The van der Waals surface area contributed by atoms with E-state index in [1.807, 2.05) is 37.3 Å². The van der Waals surface area contributed by atoms with Crippen LogP contribution in [0.5, 0.6) is 5.75 Å². The molecule has 4 heteroatoms. The molecule has 4 nitrogen and oxygen atoms in total. The van der Waals surface area contributed by atoms with Gasteiger partial charge in [-0.15, -0.1) is 0 Å². The van der Waals surface area contributed by atoms with Gasteiger partial charge in [-0.05, 0) is 62.0 Å². The van der Waals surface area contributed by atoms with Crippen molar-refractivity contribution < 1.29 is 9.53 Å². The molecule has 0 radical (unpaired) electrons. The zero-order chi connectivity index (χ0) is 18.9. The molecule has 144 valence electrons. The molecule has 1 aliphatic heterocycles. The van der Waals surface area contributed by atoms with E-state index in [1.54, 1.807) is 0 Å². The monoisotopic (exact) mass is 366 g/mol. The predicted molar refractivity (Wildman–Crippen MR) is 109 cm³/mol. The zero-order valence-corrected chi connectivity index (χ0v) is 16.2. The van der Waals surface area contributed by atoms with Crippen LogP contribution in [0, 0.1) is 6.92 Å². The second-order valence-corrected chi connectivity index (χ2v) is 7.25. The highest BCUT2D eigenvalue weighted by atomic mass is 16.5. The van der Waals surface area contributed by atoms with Crippen LogP contribution < -0.4 is 10.1 Å². The lowest BCUT2D eigenvalue weighted by Gasteiger charge is -2.17. The Hall–Kier alpha value is -2.33. The van der Waals surface area contributed by atoms with E-state index in [1.165, 1.54) is 37.1 Å². The molecule has 27 heavy (non-hydrogen) atoms. The van der Waals surface area contributed by atoms with Gasteiger partial charge >= 0.3 is 0 Å². The quantitative estimate of drug-likeness (QED) is 0.680. The highest BCUT2D eigenvalue weighted by molar-refractivity contribution is 5.75. The van der Waals surface area contributed by atoms with Gasteiger partial charge < -0.3 is 10.1 Å². The molecule has 0 aliphatic carbocycles. The number of nitrogens with zero attached hydrogens (tertiary/aromatic N) is 1. The van der Waals surface area contributed by atoms with E-state index in [0.717, 1.165) is 24.3 Å². The lowest BCUT2D eigenvalue weighted by Crippen LogP contribution is -2.25. The first-order valence-electron chi connectivity index (χ1n) is 9.96. The summed E-state index contributed by atoms with van der Waals surface area (Å²) in [5, 5.41) is 3.06. The maximum atomic E-state index is 12.2. The normalized spacial score (nSPS) is 14.3. The maximum absolute atomic E-state index is 12.2. The summed E-state index contributed by atoms with van der Waals surface area (Å²) in [6.07, 6.45) is 3.79. The fourth-order valence-corrected chi connectivity index (χ4v) is 3.48. The largest absolute Gasteiger partial charge is 0.493 e. The van der Waals surface area contributed by atoms with Gasteiger partial charge in [-0.1, -0.05) is 42.5 Å². The molecule has 0 bridgehead atoms. The second kappa shape index (κ2) is 10.1. The lowest BCUT2D eigenvalue weighted by molar-refractivity contribution is -0.121. The Morgan fingerprint density at radius 1 is 1.04 bits per heavy atom. The van der Waals surface area contributed by atoms with Crippen LogP contribution in [0.1, 0.15) is 42.4 Å². The number of carbonyl (C=O) groups is 1. The van der Waals surface area contributed by atoms with E-state index in [9.17, 15) is 4.79 Å². The van der Waals surface area contributed by atoms with Gasteiger partial charge in [-0.2, -0.15) is 0 Å². The van der Waals surface area contributed by atoms with Gasteiger partial charge in [0.25, 0.3) is 0 Å². The van der Waals surface area contributed by atoms with E-state index in [2.05, 4.69) is 28.4 Å². The number of para-hydroxylation sites is 1. The highest BCUT2D eigenvalue weighted by Gasteiger charge is 2.13. The molecule has 0 atom stereocenters. The molecule has 0 unspecified atom stereocenters. The highest BCUT2D eigenvalue weighted by Crippen LogP contribution is 2.17. The summed E-state index contributed by atoms with van der Waals surface area (Å²) >= 11 is 0. The summed E-state index contributed by atoms with van der Waals surface area (Å²) in [4.78, 5) is 14.7. The fraction of sp³-hybridized carbons (Fsp3) is 0.435. The molecule has 1 saturated heterocycles. The van der Waals surface area contributed by atoms with E-state index < -0.39 is 0 Å².